The van der Waals surface area contributed by atoms with Gasteiger partial charge in [-0.25, -0.2) is 0 Å². The van der Waals surface area contributed by atoms with E-state index >= 15 is 0 Å². The summed E-state index contributed by atoms with van der Waals surface area (Å²) in [6, 6.07) is 6.59. The third kappa shape index (κ3) is 3.23. The fraction of sp³-hybridized carbons (Fsp3) is 0.0833. The Morgan fingerprint density at radius 2 is 1.76 bits per heavy atom. The van der Waals surface area contributed by atoms with Gasteiger partial charge in [0.15, 0.2) is 0 Å². The predicted molar refractivity (Wildman–Crippen MR) is 73.8 cm³/mol. The lowest BCUT2D eigenvalue weighted by atomic mass is 10.3. The zero-order valence-corrected chi connectivity index (χ0v) is 11.4. The van der Waals surface area contributed by atoms with Crippen molar-refractivity contribution in [2.45, 2.75) is 6.92 Å². The Morgan fingerprint density at radius 1 is 1.10 bits per heavy atom. The number of hydrogen-bond donors (Lipinski definition) is 0. The quantitative estimate of drug-likeness (QED) is 0.630. The number of rotatable bonds is 4. The van der Waals surface area contributed by atoms with Crippen LogP contribution in [0.3, 0.4) is 0 Å². The first-order valence-corrected chi connectivity index (χ1v) is 6.00. The molecule has 0 amide bonds. The third-order valence-electron chi connectivity index (χ3n) is 2.49. The molecule has 0 unspecified atom stereocenters. The first-order chi connectivity index (χ1) is 9.88. The molecule has 1 aromatic heterocycles. The normalized spacial score (nSPS) is 10.2. The van der Waals surface area contributed by atoms with Crippen molar-refractivity contribution >= 4 is 23.1 Å². The zero-order valence-electron chi connectivity index (χ0n) is 10.6. The molecule has 2 rings (SSSR count). The lowest BCUT2D eigenvalue weighted by Gasteiger charge is -2.06. The first kappa shape index (κ1) is 14.7. The Balaban J connectivity index is 2.48. The van der Waals surface area contributed by atoms with Crippen LogP contribution >= 0.6 is 11.6 Å². The van der Waals surface area contributed by atoms with E-state index in [1.165, 1.54) is 24.3 Å². The van der Waals surface area contributed by atoms with Crippen molar-refractivity contribution in [1.82, 2.24) is 4.98 Å². The molecular formula is C12H8ClN3O5. The van der Waals surface area contributed by atoms with Crippen molar-refractivity contribution in [3.8, 4) is 11.5 Å². The van der Waals surface area contributed by atoms with Crippen LogP contribution in [-0.4, -0.2) is 14.8 Å². The van der Waals surface area contributed by atoms with E-state index in [1.807, 2.05) is 0 Å². The zero-order chi connectivity index (χ0) is 15.6. The van der Waals surface area contributed by atoms with Gasteiger partial charge in [-0.15, -0.1) is 0 Å². The van der Waals surface area contributed by atoms with Gasteiger partial charge in [-0.2, -0.15) is 0 Å². The first-order valence-electron chi connectivity index (χ1n) is 5.62. The van der Waals surface area contributed by atoms with E-state index in [2.05, 4.69) is 4.98 Å². The van der Waals surface area contributed by atoms with Gasteiger partial charge in [0.25, 0.3) is 0 Å². The van der Waals surface area contributed by atoms with Gasteiger partial charge < -0.3 is 14.9 Å². The van der Waals surface area contributed by atoms with Gasteiger partial charge in [-0.1, -0.05) is 11.6 Å². The summed E-state index contributed by atoms with van der Waals surface area (Å²) in [7, 11) is 0. The van der Waals surface area contributed by atoms with Crippen molar-refractivity contribution in [1.29, 1.82) is 0 Å². The Bertz CT molecular complexity index is 673. The van der Waals surface area contributed by atoms with Gasteiger partial charge in [-0.3, -0.25) is 10.1 Å². The highest BCUT2D eigenvalue weighted by Crippen LogP contribution is 2.36. The third-order valence-corrected chi connectivity index (χ3v) is 2.72. The maximum atomic E-state index is 11.0. The summed E-state index contributed by atoms with van der Waals surface area (Å²) in [6.07, 6.45) is 0. The van der Waals surface area contributed by atoms with Crippen LogP contribution in [0.25, 0.3) is 0 Å². The average molecular weight is 310 g/mol. The number of hydrogen-bond acceptors (Lipinski definition) is 6. The number of nitrogens with zero attached hydrogens (tertiary/aromatic N) is 3. The molecule has 108 valence electrons. The molecule has 0 atom stereocenters. The summed E-state index contributed by atoms with van der Waals surface area (Å²) in [6.45, 7) is 1.58. The molecule has 8 nitrogen and oxygen atoms in total. The van der Waals surface area contributed by atoms with Crippen LogP contribution in [0.5, 0.6) is 11.5 Å². The van der Waals surface area contributed by atoms with E-state index in [-0.39, 0.29) is 16.5 Å². The van der Waals surface area contributed by atoms with Gasteiger partial charge >= 0.3 is 11.5 Å². The van der Waals surface area contributed by atoms with Crippen molar-refractivity contribution in [3.63, 3.8) is 0 Å². The molecule has 9 heteroatoms. The molecule has 0 aliphatic rings. The van der Waals surface area contributed by atoms with Crippen LogP contribution in [0.4, 0.5) is 11.5 Å². The van der Waals surface area contributed by atoms with Crippen LogP contribution in [0.2, 0.25) is 5.02 Å². The molecule has 21 heavy (non-hydrogen) atoms. The number of aromatic nitrogens is 1. The molecule has 0 saturated heterocycles. The van der Waals surface area contributed by atoms with Gasteiger partial charge in [0.2, 0.25) is 11.5 Å². The van der Waals surface area contributed by atoms with E-state index in [9.17, 15) is 20.2 Å². The monoisotopic (exact) mass is 309 g/mol. The molecule has 0 saturated carbocycles. The van der Waals surface area contributed by atoms with Crippen molar-refractivity contribution in [2.75, 3.05) is 0 Å². The lowest BCUT2D eigenvalue weighted by molar-refractivity contribution is -0.391. The Morgan fingerprint density at radius 3 is 2.38 bits per heavy atom. The second kappa shape index (κ2) is 5.71. The average Bonchev–Trinajstić information content (AvgIpc) is 2.42. The summed E-state index contributed by atoms with van der Waals surface area (Å²) >= 11 is 5.69. The Kier molecular flexibility index (Phi) is 3.99. The maximum absolute atomic E-state index is 11.0. The van der Waals surface area contributed by atoms with E-state index in [0.717, 1.165) is 6.07 Å². The highest BCUT2D eigenvalue weighted by Gasteiger charge is 2.22. The molecule has 0 aliphatic heterocycles. The molecule has 0 radical (unpaired) electrons. The van der Waals surface area contributed by atoms with Gasteiger partial charge in [0.05, 0.1) is 4.92 Å². The number of benzene rings is 1. The minimum atomic E-state index is -0.718. The topological polar surface area (TPSA) is 108 Å². The van der Waals surface area contributed by atoms with E-state index in [1.54, 1.807) is 6.92 Å². The molecule has 1 heterocycles. The molecular weight excluding hydrogens is 302 g/mol. The van der Waals surface area contributed by atoms with Crippen molar-refractivity contribution in [3.05, 3.63) is 61.3 Å². The molecule has 1 aromatic carbocycles. The fourth-order valence-electron chi connectivity index (χ4n) is 1.58. The van der Waals surface area contributed by atoms with Crippen LogP contribution < -0.4 is 4.74 Å². The number of pyridine rings is 1. The lowest BCUT2D eigenvalue weighted by Crippen LogP contribution is -1.99. The van der Waals surface area contributed by atoms with Crippen LogP contribution in [0.15, 0.2) is 30.3 Å². The second-order valence-electron chi connectivity index (χ2n) is 4.00. The molecule has 2 aromatic rings. The van der Waals surface area contributed by atoms with Crippen LogP contribution in [-0.2, 0) is 0 Å². The van der Waals surface area contributed by atoms with Crippen molar-refractivity contribution in [2.24, 2.45) is 0 Å². The summed E-state index contributed by atoms with van der Waals surface area (Å²) in [5.74, 6) is -0.853. The maximum Gasteiger partial charge on any atom is 0.407 e. The van der Waals surface area contributed by atoms with E-state index < -0.39 is 21.4 Å². The van der Waals surface area contributed by atoms with Crippen LogP contribution in [0, 0.1) is 27.2 Å². The molecule has 0 fully saturated rings. The number of nitro benzene ring substituents is 1. The highest BCUT2D eigenvalue weighted by atomic mass is 35.5. The second-order valence-corrected chi connectivity index (χ2v) is 4.44. The van der Waals surface area contributed by atoms with Gasteiger partial charge in [-0.05, 0) is 34.2 Å². The summed E-state index contributed by atoms with van der Waals surface area (Å²) in [5.41, 5.74) is 0.0389. The summed E-state index contributed by atoms with van der Waals surface area (Å²) in [4.78, 5) is 24.2. The minimum absolute atomic E-state index is 0.154. The van der Waals surface area contributed by atoms with E-state index in [0.29, 0.717) is 5.69 Å². The molecule has 0 aliphatic carbocycles. The van der Waals surface area contributed by atoms with Gasteiger partial charge in [0, 0.05) is 18.0 Å². The smallest absolute Gasteiger partial charge is 0.407 e. The standard InChI is InChI=1S/C12H8ClN3O5/c1-7-2-4-11(12(14-7)16(19)20)21-10-5-3-8(13)6-9(10)15(17)18/h2-6H,1H3. The van der Waals surface area contributed by atoms with Crippen LogP contribution in [0.1, 0.15) is 5.69 Å². The molecule has 0 spiro atoms. The van der Waals surface area contributed by atoms with Crippen molar-refractivity contribution < 1.29 is 14.6 Å². The number of halogens is 1. The fourth-order valence-corrected chi connectivity index (χ4v) is 1.75. The van der Waals surface area contributed by atoms with E-state index in [4.69, 9.17) is 16.3 Å². The highest BCUT2D eigenvalue weighted by molar-refractivity contribution is 6.30. The largest absolute Gasteiger partial charge is 0.441 e. The Hall–Kier alpha value is -2.74. The predicted octanol–water partition coefficient (Wildman–Crippen LogP) is 3.65. The number of nitro groups is 2. The molecule has 0 N–H and O–H groups in total. The summed E-state index contributed by atoms with van der Waals surface area (Å²) in [5, 5.41) is 22.1. The van der Waals surface area contributed by atoms with Gasteiger partial charge in [0.1, 0.15) is 5.69 Å². The number of aryl methyl sites for hydroxylation is 1. The summed E-state index contributed by atoms with van der Waals surface area (Å²) < 4.78 is 5.27. The minimum Gasteiger partial charge on any atom is -0.441 e. The Labute approximate surface area is 123 Å². The molecule has 0 bridgehead atoms. The SMILES string of the molecule is Cc1ccc(Oc2ccc(Cl)cc2[N+](=O)[O-])c([N+](=O)[O-])n1. The number of ether oxygens (including phenoxy) is 1.